The minimum atomic E-state index is -3.14. The second-order valence-electron chi connectivity index (χ2n) is 7.10. The van der Waals surface area contributed by atoms with Crippen molar-refractivity contribution in [2.45, 2.75) is 19.0 Å². The maximum absolute atomic E-state index is 13.0. The van der Waals surface area contributed by atoms with Crippen molar-refractivity contribution in [3.63, 3.8) is 0 Å². The zero-order valence-electron chi connectivity index (χ0n) is 16.9. The van der Waals surface area contributed by atoms with Crippen LogP contribution in [0.1, 0.15) is 17.5 Å². The van der Waals surface area contributed by atoms with Gasteiger partial charge >= 0.3 is 0 Å². The number of sulfone groups is 1. The fourth-order valence-electron chi connectivity index (χ4n) is 3.42. The molecule has 1 atom stereocenters. The first kappa shape index (κ1) is 22.2. The lowest BCUT2D eigenvalue weighted by Gasteiger charge is -2.27. The van der Waals surface area contributed by atoms with E-state index in [1.165, 1.54) is 6.08 Å². The Bertz CT molecular complexity index is 1030. The van der Waals surface area contributed by atoms with E-state index < -0.39 is 9.84 Å². The van der Waals surface area contributed by atoms with Crippen molar-refractivity contribution >= 4 is 33.4 Å². The average molecular weight is 450 g/mol. The molecular weight excluding hydrogens is 426 g/mol. The van der Waals surface area contributed by atoms with Gasteiger partial charge in [-0.25, -0.2) is 8.42 Å². The number of halogens is 1. The summed E-state index contributed by atoms with van der Waals surface area (Å²) in [6, 6.07) is 12.2. The lowest BCUT2D eigenvalue weighted by Crippen LogP contribution is -2.39. The third kappa shape index (κ3) is 5.55. The highest BCUT2D eigenvalue weighted by Gasteiger charge is 2.34. The van der Waals surface area contributed by atoms with Gasteiger partial charge in [-0.05, 0) is 47.9 Å². The molecule has 0 N–H and O–H groups in total. The molecule has 1 amide bonds. The predicted molar refractivity (Wildman–Crippen MR) is 118 cm³/mol. The van der Waals surface area contributed by atoms with Crippen molar-refractivity contribution in [1.82, 2.24) is 4.90 Å². The van der Waals surface area contributed by atoms with E-state index in [9.17, 15) is 13.2 Å². The molecule has 0 radical (unpaired) electrons. The Morgan fingerprint density at radius 3 is 2.43 bits per heavy atom. The first-order valence-corrected chi connectivity index (χ1v) is 11.7. The van der Waals surface area contributed by atoms with E-state index in [0.717, 1.165) is 11.1 Å². The molecule has 6 nitrogen and oxygen atoms in total. The standard InChI is InChI=1S/C22H24ClNO5S/c1-28-20-9-5-17(13-21(20)29-2)14-24(19-11-12-30(26,27)15-19)22(25)10-6-16-3-7-18(23)8-4-16/h3-10,13,19H,11-12,14-15H2,1-2H3/b10-6+/t19-/m0/s1. The zero-order chi connectivity index (χ0) is 21.7. The van der Waals surface area contributed by atoms with Gasteiger partial charge in [0.2, 0.25) is 5.91 Å². The maximum atomic E-state index is 13.0. The number of hydrogen-bond acceptors (Lipinski definition) is 5. The molecular formula is C22H24ClNO5S. The second kappa shape index (κ2) is 9.53. The van der Waals surface area contributed by atoms with Crippen LogP contribution in [0.3, 0.4) is 0 Å². The van der Waals surface area contributed by atoms with Gasteiger partial charge in [0.1, 0.15) is 0 Å². The van der Waals surface area contributed by atoms with Crippen molar-refractivity contribution in [2.24, 2.45) is 0 Å². The first-order chi connectivity index (χ1) is 14.3. The molecule has 0 saturated carbocycles. The molecule has 8 heteroatoms. The van der Waals surface area contributed by atoms with Crippen LogP contribution in [-0.2, 0) is 21.2 Å². The Hall–Kier alpha value is -2.51. The fourth-order valence-corrected chi connectivity index (χ4v) is 5.28. The van der Waals surface area contributed by atoms with Crippen LogP contribution < -0.4 is 9.47 Å². The van der Waals surface area contributed by atoms with Crippen LogP contribution in [-0.4, -0.2) is 51.0 Å². The van der Waals surface area contributed by atoms with Crippen molar-refractivity contribution in [3.8, 4) is 11.5 Å². The lowest BCUT2D eigenvalue weighted by molar-refractivity contribution is -0.128. The number of rotatable bonds is 7. The molecule has 1 fully saturated rings. The Morgan fingerprint density at radius 1 is 1.13 bits per heavy atom. The molecule has 1 heterocycles. The van der Waals surface area contributed by atoms with Crippen molar-refractivity contribution in [2.75, 3.05) is 25.7 Å². The highest BCUT2D eigenvalue weighted by atomic mass is 35.5. The summed E-state index contributed by atoms with van der Waals surface area (Å²) in [5.41, 5.74) is 1.66. The molecule has 1 aliphatic heterocycles. The van der Waals surface area contributed by atoms with Gasteiger partial charge in [0.15, 0.2) is 21.3 Å². The van der Waals surface area contributed by atoms with Gasteiger partial charge in [-0.15, -0.1) is 0 Å². The van der Waals surface area contributed by atoms with Crippen LogP contribution in [0, 0.1) is 0 Å². The molecule has 0 aliphatic carbocycles. The Morgan fingerprint density at radius 2 is 1.83 bits per heavy atom. The molecule has 0 aromatic heterocycles. The van der Waals surface area contributed by atoms with E-state index in [1.807, 2.05) is 18.2 Å². The van der Waals surface area contributed by atoms with E-state index in [0.29, 0.717) is 22.9 Å². The number of amides is 1. The third-order valence-electron chi connectivity index (χ3n) is 5.02. The van der Waals surface area contributed by atoms with Gasteiger partial charge in [0.05, 0.1) is 25.7 Å². The van der Waals surface area contributed by atoms with Gasteiger partial charge in [0, 0.05) is 23.7 Å². The van der Waals surface area contributed by atoms with E-state index in [1.54, 1.807) is 49.5 Å². The molecule has 1 aliphatic rings. The minimum Gasteiger partial charge on any atom is -0.493 e. The lowest BCUT2D eigenvalue weighted by atomic mass is 10.1. The van der Waals surface area contributed by atoms with E-state index in [-0.39, 0.29) is 30.0 Å². The number of nitrogens with zero attached hydrogens (tertiary/aromatic N) is 1. The quantitative estimate of drug-likeness (QED) is 0.604. The molecule has 0 unspecified atom stereocenters. The van der Waals surface area contributed by atoms with E-state index in [4.69, 9.17) is 21.1 Å². The largest absolute Gasteiger partial charge is 0.493 e. The molecule has 30 heavy (non-hydrogen) atoms. The summed E-state index contributed by atoms with van der Waals surface area (Å²) in [7, 11) is -0.0405. The third-order valence-corrected chi connectivity index (χ3v) is 7.02. The number of benzene rings is 2. The molecule has 1 saturated heterocycles. The zero-order valence-corrected chi connectivity index (χ0v) is 18.4. The van der Waals surface area contributed by atoms with Gasteiger partial charge in [-0.2, -0.15) is 0 Å². The summed E-state index contributed by atoms with van der Waals surface area (Å²) in [6.07, 6.45) is 3.59. The van der Waals surface area contributed by atoms with Crippen molar-refractivity contribution in [3.05, 3.63) is 64.7 Å². The van der Waals surface area contributed by atoms with Gasteiger partial charge in [0.25, 0.3) is 0 Å². The molecule has 0 bridgehead atoms. The summed E-state index contributed by atoms with van der Waals surface area (Å²) in [6.45, 7) is 0.268. The van der Waals surface area contributed by atoms with Crippen LogP contribution in [0.2, 0.25) is 5.02 Å². The van der Waals surface area contributed by atoms with Gasteiger partial charge in [-0.1, -0.05) is 29.8 Å². The Kier molecular flexibility index (Phi) is 7.05. The van der Waals surface area contributed by atoms with Gasteiger partial charge < -0.3 is 14.4 Å². The summed E-state index contributed by atoms with van der Waals surface area (Å²) in [4.78, 5) is 14.6. The number of hydrogen-bond donors (Lipinski definition) is 0. The number of carbonyl (C=O) groups is 1. The molecule has 2 aromatic carbocycles. The van der Waals surface area contributed by atoms with Crippen molar-refractivity contribution in [1.29, 1.82) is 0 Å². The first-order valence-electron chi connectivity index (χ1n) is 9.47. The minimum absolute atomic E-state index is 0.0270. The highest BCUT2D eigenvalue weighted by molar-refractivity contribution is 7.91. The molecule has 3 rings (SSSR count). The number of ether oxygens (including phenoxy) is 2. The molecule has 2 aromatic rings. The number of carbonyl (C=O) groups excluding carboxylic acids is 1. The Balaban J connectivity index is 1.85. The van der Waals surface area contributed by atoms with E-state index >= 15 is 0 Å². The average Bonchev–Trinajstić information content (AvgIpc) is 3.10. The summed E-state index contributed by atoms with van der Waals surface area (Å²) < 4.78 is 34.6. The van der Waals surface area contributed by atoms with Gasteiger partial charge in [-0.3, -0.25) is 4.79 Å². The second-order valence-corrected chi connectivity index (χ2v) is 9.76. The number of methoxy groups -OCH3 is 2. The SMILES string of the molecule is COc1ccc(CN(C(=O)/C=C/c2ccc(Cl)cc2)[C@H]2CCS(=O)(=O)C2)cc1OC. The normalized spacial score (nSPS) is 17.8. The fraction of sp³-hybridized carbons (Fsp3) is 0.318. The van der Waals surface area contributed by atoms with E-state index in [2.05, 4.69) is 0 Å². The highest BCUT2D eigenvalue weighted by Crippen LogP contribution is 2.29. The van der Waals surface area contributed by atoms with Crippen LogP contribution in [0.5, 0.6) is 11.5 Å². The smallest absolute Gasteiger partial charge is 0.247 e. The summed E-state index contributed by atoms with van der Waals surface area (Å²) in [5.74, 6) is 0.958. The van der Waals surface area contributed by atoms with Crippen LogP contribution in [0.4, 0.5) is 0 Å². The summed E-state index contributed by atoms with van der Waals surface area (Å²) in [5, 5.41) is 0.615. The topological polar surface area (TPSA) is 72.9 Å². The van der Waals surface area contributed by atoms with Crippen LogP contribution in [0.15, 0.2) is 48.5 Å². The van der Waals surface area contributed by atoms with Crippen LogP contribution >= 0.6 is 11.6 Å². The van der Waals surface area contributed by atoms with Crippen LogP contribution in [0.25, 0.3) is 6.08 Å². The molecule has 0 spiro atoms. The monoisotopic (exact) mass is 449 g/mol. The van der Waals surface area contributed by atoms with Crippen molar-refractivity contribution < 1.29 is 22.7 Å². The molecule has 160 valence electrons. The maximum Gasteiger partial charge on any atom is 0.247 e. The summed E-state index contributed by atoms with van der Waals surface area (Å²) >= 11 is 5.90. The Labute approximate surface area is 182 Å². The predicted octanol–water partition coefficient (Wildman–Crippen LogP) is 3.59.